The van der Waals surface area contributed by atoms with Crippen LogP contribution >= 0.6 is 0 Å². The largest absolute Gasteiger partial charge is 0.396 e. The van der Waals surface area contributed by atoms with Gasteiger partial charge < -0.3 is 15.2 Å². The van der Waals surface area contributed by atoms with Crippen LogP contribution in [0.15, 0.2) is 11.6 Å². The SMILES string of the molecule is CCC(CCO)NCC1=CCCOC1. The lowest BCUT2D eigenvalue weighted by molar-refractivity contribution is 0.148. The molecular weight excluding hydrogens is 178 g/mol. The van der Waals surface area contributed by atoms with Crippen molar-refractivity contribution in [1.82, 2.24) is 5.32 Å². The second kappa shape index (κ2) is 6.98. The predicted molar refractivity (Wildman–Crippen MR) is 57.3 cm³/mol. The molecule has 1 aliphatic rings. The van der Waals surface area contributed by atoms with E-state index in [1.807, 2.05) is 0 Å². The van der Waals surface area contributed by atoms with Gasteiger partial charge in [-0.05, 0) is 24.8 Å². The number of hydrogen-bond acceptors (Lipinski definition) is 3. The fourth-order valence-corrected chi connectivity index (χ4v) is 1.61. The topological polar surface area (TPSA) is 41.5 Å². The summed E-state index contributed by atoms with van der Waals surface area (Å²) in [5.74, 6) is 0. The quantitative estimate of drug-likeness (QED) is 0.629. The van der Waals surface area contributed by atoms with Crippen molar-refractivity contribution in [3.05, 3.63) is 11.6 Å². The van der Waals surface area contributed by atoms with Crippen LogP contribution in [0.5, 0.6) is 0 Å². The van der Waals surface area contributed by atoms with Crippen molar-refractivity contribution in [2.75, 3.05) is 26.4 Å². The van der Waals surface area contributed by atoms with E-state index in [1.54, 1.807) is 0 Å². The lowest BCUT2D eigenvalue weighted by Gasteiger charge is -2.19. The van der Waals surface area contributed by atoms with Gasteiger partial charge in [-0.3, -0.25) is 0 Å². The Morgan fingerprint density at radius 1 is 1.64 bits per heavy atom. The van der Waals surface area contributed by atoms with Gasteiger partial charge in [0, 0.05) is 19.2 Å². The molecular formula is C11H21NO2. The molecule has 0 radical (unpaired) electrons. The van der Waals surface area contributed by atoms with Crippen LogP contribution in [0, 0.1) is 0 Å². The van der Waals surface area contributed by atoms with Gasteiger partial charge in [-0.1, -0.05) is 13.0 Å². The summed E-state index contributed by atoms with van der Waals surface area (Å²) in [5, 5.41) is 12.3. The maximum atomic E-state index is 8.83. The Labute approximate surface area is 86.2 Å². The summed E-state index contributed by atoms with van der Waals surface area (Å²) >= 11 is 0. The number of rotatable bonds is 6. The third-order valence-corrected chi connectivity index (χ3v) is 2.57. The van der Waals surface area contributed by atoms with Crippen molar-refractivity contribution < 1.29 is 9.84 Å². The van der Waals surface area contributed by atoms with Crippen molar-refractivity contribution >= 4 is 0 Å². The first kappa shape index (κ1) is 11.7. The van der Waals surface area contributed by atoms with E-state index < -0.39 is 0 Å². The van der Waals surface area contributed by atoms with E-state index in [4.69, 9.17) is 9.84 Å². The zero-order valence-corrected chi connectivity index (χ0v) is 8.96. The average Bonchev–Trinajstić information content (AvgIpc) is 2.25. The van der Waals surface area contributed by atoms with Gasteiger partial charge in [0.25, 0.3) is 0 Å². The fraction of sp³-hybridized carbons (Fsp3) is 0.818. The van der Waals surface area contributed by atoms with Crippen molar-refractivity contribution in [2.45, 2.75) is 32.2 Å². The van der Waals surface area contributed by atoms with E-state index in [1.165, 1.54) is 5.57 Å². The van der Waals surface area contributed by atoms with E-state index in [0.29, 0.717) is 6.04 Å². The van der Waals surface area contributed by atoms with Gasteiger partial charge in [-0.25, -0.2) is 0 Å². The minimum atomic E-state index is 0.265. The highest BCUT2D eigenvalue weighted by molar-refractivity contribution is 5.07. The van der Waals surface area contributed by atoms with Gasteiger partial charge in [0.2, 0.25) is 0 Å². The second-order valence-corrected chi connectivity index (χ2v) is 3.70. The molecule has 3 heteroatoms. The van der Waals surface area contributed by atoms with Gasteiger partial charge in [0.15, 0.2) is 0 Å². The third kappa shape index (κ3) is 4.22. The van der Waals surface area contributed by atoms with Crippen LogP contribution in [0.4, 0.5) is 0 Å². The summed E-state index contributed by atoms with van der Waals surface area (Å²) in [6.45, 7) is 4.93. The highest BCUT2D eigenvalue weighted by Crippen LogP contribution is 2.05. The molecule has 1 rings (SSSR count). The Morgan fingerprint density at radius 3 is 3.07 bits per heavy atom. The fourth-order valence-electron chi connectivity index (χ4n) is 1.61. The van der Waals surface area contributed by atoms with Crippen molar-refractivity contribution in [3.63, 3.8) is 0 Å². The molecule has 0 amide bonds. The number of aliphatic hydroxyl groups excluding tert-OH is 1. The van der Waals surface area contributed by atoms with Gasteiger partial charge in [0.05, 0.1) is 13.2 Å². The molecule has 0 aliphatic carbocycles. The summed E-state index contributed by atoms with van der Waals surface area (Å²) in [7, 11) is 0. The van der Waals surface area contributed by atoms with Crippen LogP contribution in [0.1, 0.15) is 26.2 Å². The first-order valence-electron chi connectivity index (χ1n) is 5.46. The normalized spacial score (nSPS) is 19.1. The zero-order chi connectivity index (χ0) is 10.2. The van der Waals surface area contributed by atoms with E-state index >= 15 is 0 Å². The van der Waals surface area contributed by atoms with Crippen molar-refractivity contribution in [1.29, 1.82) is 0 Å². The Balaban J connectivity index is 2.19. The summed E-state index contributed by atoms with van der Waals surface area (Å²) in [4.78, 5) is 0. The molecule has 1 aliphatic heterocycles. The summed E-state index contributed by atoms with van der Waals surface area (Å²) in [5.41, 5.74) is 1.34. The van der Waals surface area contributed by atoms with Crippen LogP contribution in [0.3, 0.4) is 0 Å². The monoisotopic (exact) mass is 199 g/mol. The molecule has 82 valence electrons. The van der Waals surface area contributed by atoms with Crippen LogP contribution in [-0.2, 0) is 4.74 Å². The lowest BCUT2D eigenvalue weighted by Crippen LogP contribution is -2.32. The first-order valence-corrected chi connectivity index (χ1v) is 5.46. The number of nitrogens with one attached hydrogen (secondary N) is 1. The highest BCUT2D eigenvalue weighted by atomic mass is 16.5. The molecule has 0 fully saturated rings. The van der Waals surface area contributed by atoms with E-state index in [2.05, 4.69) is 18.3 Å². The summed E-state index contributed by atoms with van der Waals surface area (Å²) in [6, 6.07) is 0.433. The minimum Gasteiger partial charge on any atom is -0.396 e. The Bertz CT molecular complexity index is 180. The maximum Gasteiger partial charge on any atom is 0.0689 e. The minimum absolute atomic E-state index is 0.265. The van der Waals surface area contributed by atoms with Crippen LogP contribution < -0.4 is 5.32 Å². The van der Waals surface area contributed by atoms with Crippen molar-refractivity contribution in [2.24, 2.45) is 0 Å². The average molecular weight is 199 g/mol. The number of ether oxygens (including phenoxy) is 1. The predicted octanol–water partition coefficient (Wildman–Crippen LogP) is 1.08. The van der Waals surface area contributed by atoms with E-state index in [9.17, 15) is 0 Å². The Hall–Kier alpha value is -0.380. The summed E-state index contributed by atoms with van der Waals surface area (Å²) in [6.07, 6.45) is 5.19. The number of hydrogen-bond donors (Lipinski definition) is 2. The van der Waals surface area contributed by atoms with Crippen LogP contribution in [-0.4, -0.2) is 37.5 Å². The molecule has 0 saturated carbocycles. The smallest absolute Gasteiger partial charge is 0.0689 e. The Morgan fingerprint density at radius 2 is 2.50 bits per heavy atom. The zero-order valence-electron chi connectivity index (χ0n) is 8.96. The standard InChI is InChI=1S/C11H21NO2/c1-2-11(5-6-13)12-8-10-4-3-7-14-9-10/h4,11-13H,2-3,5-9H2,1H3. The van der Waals surface area contributed by atoms with E-state index in [0.717, 1.165) is 39.0 Å². The number of aliphatic hydroxyl groups is 1. The molecule has 0 aromatic carbocycles. The van der Waals surface area contributed by atoms with Crippen LogP contribution in [0.2, 0.25) is 0 Å². The molecule has 1 heterocycles. The van der Waals surface area contributed by atoms with Gasteiger partial charge in [-0.15, -0.1) is 0 Å². The molecule has 0 spiro atoms. The molecule has 1 unspecified atom stereocenters. The lowest BCUT2D eigenvalue weighted by atomic mass is 10.1. The molecule has 0 bridgehead atoms. The Kier molecular flexibility index (Phi) is 5.83. The molecule has 2 N–H and O–H groups in total. The first-order chi connectivity index (χ1) is 6.86. The molecule has 0 saturated heterocycles. The molecule has 0 aromatic heterocycles. The summed E-state index contributed by atoms with van der Waals surface area (Å²) < 4.78 is 5.35. The highest BCUT2D eigenvalue weighted by Gasteiger charge is 2.07. The van der Waals surface area contributed by atoms with Crippen molar-refractivity contribution in [3.8, 4) is 0 Å². The second-order valence-electron chi connectivity index (χ2n) is 3.70. The van der Waals surface area contributed by atoms with Gasteiger partial charge in [-0.2, -0.15) is 0 Å². The van der Waals surface area contributed by atoms with Crippen LogP contribution in [0.25, 0.3) is 0 Å². The van der Waals surface area contributed by atoms with E-state index in [-0.39, 0.29) is 6.61 Å². The molecule has 1 atom stereocenters. The molecule has 3 nitrogen and oxygen atoms in total. The molecule has 0 aromatic rings. The third-order valence-electron chi connectivity index (χ3n) is 2.57. The van der Waals surface area contributed by atoms with Gasteiger partial charge in [0.1, 0.15) is 0 Å². The molecule has 14 heavy (non-hydrogen) atoms. The van der Waals surface area contributed by atoms with Gasteiger partial charge >= 0.3 is 0 Å². The maximum absolute atomic E-state index is 8.83.